The van der Waals surface area contributed by atoms with Gasteiger partial charge in [0.2, 0.25) is 0 Å². The number of nitrogens with zero attached hydrogens (tertiary/aromatic N) is 5. The van der Waals surface area contributed by atoms with Crippen LogP contribution < -0.4 is 26.2 Å². The summed E-state index contributed by atoms with van der Waals surface area (Å²) in [5, 5.41) is 0.499. The van der Waals surface area contributed by atoms with Crippen molar-refractivity contribution >= 4 is 123 Å². The summed E-state index contributed by atoms with van der Waals surface area (Å²) in [6, 6.07) is 58.3. The van der Waals surface area contributed by atoms with Crippen LogP contribution >= 0.6 is 0 Å². The predicted molar refractivity (Wildman–Crippen MR) is 543 cm³/mol. The van der Waals surface area contributed by atoms with Gasteiger partial charge < -0.3 is 23.5 Å². The highest BCUT2D eigenvalue weighted by molar-refractivity contribution is 7.00. The molecule has 16 aromatic carbocycles. The Balaban J connectivity index is 1.07. The van der Waals surface area contributed by atoms with Crippen molar-refractivity contribution in [1.29, 1.82) is 0 Å². The summed E-state index contributed by atoms with van der Waals surface area (Å²) < 4.78 is 221. The Labute approximate surface area is 773 Å². The molecule has 5 heterocycles. The van der Waals surface area contributed by atoms with E-state index in [1.165, 1.54) is 10.6 Å². The summed E-state index contributed by atoms with van der Waals surface area (Å²) in [5.41, 5.74) is 10.8. The molecule has 0 aliphatic carbocycles. The molecule has 0 atom stereocenters. The van der Waals surface area contributed by atoms with Crippen LogP contribution in [0.1, 0.15) is 187 Å². The summed E-state index contributed by atoms with van der Waals surface area (Å²) >= 11 is 0. The van der Waals surface area contributed by atoms with Crippen molar-refractivity contribution in [1.82, 2.24) is 13.7 Å². The standard InChI is InChI=1S/C120H110BN5/c1-115(2,3)81-40-32-36-76(62-81)95-69-85(119(13,14)15)70-96(77-37-33-41-82(63-77)116(4,5)6)113(95)125-108-73-88(123-102-51-27-22-46-90(102)91-47-23-28-52-103(91)123)57-59-100(108)121-101-60-58-89(124-104-53-29-24-48-92(104)93-49-25-30-54-105(93)124)74-109(101)126(111-68-80(67-110(125)112(111)121)75-56-61-107-99(66-75)94-50-26-31-55-106(94)122(107)87-44-20-19-21-45-87)114-97(78-38-34-42-83(64-78)117(7,8)9)71-86(120(16,17)18)72-98(114)79-39-35-43-84(65-79)118(10,11)12/h19-74H,1-18H3/i22D,23D,24D,25D,27D,28D,29D,30D,46D,47D,48D,49D,51D,52D,53D,54D,57D,59D,60D,73D,74D. The van der Waals surface area contributed by atoms with Crippen LogP contribution in [0.25, 0.3) is 138 Å². The van der Waals surface area contributed by atoms with E-state index in [2.05, 4.69) is 281 Å². The van der Waals surface area contributed by atoms with Crippen LogP contribution in [0.15, 0.2) is 339 Å². The first-order chi connectivity index (χ1) is 69.0. The highest BCUT2D eigenvalue weighted by atomic mass is 15.2. The zero-order chi connectivity index (χ0) is 105. The van der Waals surface area contributed by atoms with Crippen molar-refractivity contribution < 1.29 is 28.8 Å². The summed E-state index contributed by atoms with van der Waals surface area (Å²) in [5.74, 6) is 0. The minimum atomic E-state index is -1.63. The number of benzene rings is 16. The number of aromatic nitrogens is 3. The van der Waals surface area contributed by atoms with E-state index in [1.807, 2.05) is 64.4 Å². The molecule has 0 unspecified atom stereocenters. The number of para-hydroxylation sites is 6. The lowest BCUT2D eigenvalue weighted by Gasteiger charge is -2.46. The Kier molecular flexibility index (Phi) is 13.7. The Morgan fingerprint density at radius 2 is 0.587 bits per heavy atom. The van der Waals surface area contributed by atoms with E-state index in [1.54, 1.807) is 0 Å². The molecular formula is C120H110BN5. The van der Waals surface area contributed by atoms with Crippen molar-refractivity contribution in [2.45, 2.75) is 157 Å². The Morgan fingerprint density at radius 1 is 0.230 bits per heavy atom. The maximum Gasteiger partial charge on any atom is 0.252 e. The van der Waals surface area contributed by atoms with Crippen LogP contribution in [0.2, 0.25) is 0 Å². The first kappa shape index (κ1) is 59.4. The number of rotatable bonds is 10. The van der Waals surface area contributed by atoms with Gasteiger partial charge in [-0.1, -0.05) is 349 Å². The normalized spacial score (nSPS) is 15.6. The molecule has 2 aliphatic heterocycles. The van der Waals surface area contributed by atoms with Crippen molar-refractivity contribution in [3.05, 3.63) is 373 Å². The van der Waals surface area contributed by atoms with Gasteiger partial charge in [0.05, 0.1) is 73.3 Å². The van der Waals surface area contributed by atoms with E-state index in [9.17, 15) is 28.8 Å². The molecule has 0 saturated carbocycles. The van der Waals surface area contributed by atoms with Gasteiger partial charge in [0.1, 0.15) is 0 Å². The Hall–Kier alpha value is -13.4. The van der Waals surface area contributed by atoms with Crippen molar-refractivity contribution in [2.24, 2.45) is 0 Å². The largest absolute Gasteiger partial charge is 0.310 e. The molecule has 0 radical (unpaired) electrons. The molecule has 0 saturated heterocycles. The van der Waals surface area contributed by atoms with Crippen LogP contribution in [0.3, 0.4) is 0 Å². The first-order valence-corrected chi connectivity index (χ1v) is 43.5. The number of hydrogen-bond acceptors (Lipinski definition) is 2. The van der Waals surface area contributed by atoms with Gasteiger partial charge in [-0.05, 0) is 231 Å². The molecule has 0 bridgehead atoms. The van der Waals surface area contributed by atoms with Crippen LogP contribution in [-0.4, -0.2) is 20.4 Å². The molecule has 618 valence electrons. The fraction of sp³-hybridized carbons (Fsp3) is 0.200. The maximum absolute atomic E-state index is 12.3. The highest BCUT2D eigenvalue weighted by Crippen LogP contribution is 2.57. The number of fused-ring (bicyclic) bond motifs is 13. The van der Waals surface area contributed by atoms with Crippen molar-refractivity contribution in [3.63, 3.8) is 0 Å². The van der Waals surface area contributed by atoms with E-state index in [-0.39, 0.29) is 60.6 Å². The van der Waals surface area contributed by atoms with Crippen molar-refractivity contribution in [2.75, 3.05) is 9.80 Å². The van der Waals surface area contributed by atoms with E-state index in [0.717, 1.165) is 76.6 Å². The fourth-order valence-corrected chi connectivity index (χ4v) is 18.9. The molecule has 5 nitrogen and oxygen atoms in total. The molecule has 0 N–H and O–H groups in total. The molecule has 2 aliphatic rings. The van der Waals surface area contributed by atoms with Crippen LogP contribution in [0.5, 0.6) is 0 Å². The van der Waals surface area contributed by atoms with Gasteiger partial charge in [0.15, 0.2) is 0 Å². The lowest BCUT2D eigenvalue weighted by atomic mass is 9.33. The van der Waals surface area contributed by atoms with Crippen LogP contribution in [0.4, 0.5) is 34.1 Å². The maximum atomic E-state index is 12.3. The van der Waals surface area contributed by atoms with Gasteiger partial charge in [-0.25, -0.2) is 0 Å². The van der Waals surface area contributed by atoms with E-state index < -0.39 is 183 Å². The summed E-state index contributed by atoms with van der Waals surface area (Å²) in [7, 11) is 0. The smallest absolute Gasteiger partial charge is 0.252 e. The molecule has 21 rings (SSSR count). The zero-order valence-corrected chi connectivity index (χ0v) is 74.5. The molecule has 6 heteroatoms. The molecule has 0 fully saturated rings. The average molecular weight is 1650 g/mol. The van der Waals surface area contributed by atoms with E-state index in [0.29, 0.717) is 72.7 Å². The van der Waals surface area contributed by atoms with Gasteiger partial charge in [0, 0.05) is 94.4 Å². The molecule has 126 heavy (non-hydrogen) atoms. The van der Waals surface area contributed by atoms with Gasteiger partial charge in [0.25, 0.3) is 6.71 Å². The molecular weight excluding hydrogens is 1520 g/mol. The van der Waals surface area contributed by atoms with E-state index in [4.69, 9.17) is 0 Å². The van der Waals surface area contributed by atoms with Gasteiger partial charge >= 0.3 is 0 Å². The SMILES string of the molecule is [2H]c1cc(-n2c3c([2H])c([2H])c([2H])c([2H])c3c3c([2H])c([2H])c([2H])c([2H])c32)c([2H])c2c1B1c3c(cc(-c4ccc5c(c4)c4ccccc4n5-c4ccccc4)cc3N(c3c(-c4cccc(C(C)(C)C)c4)cc(C(C)(C)C)cc3-c3cccc(C(C)(C)C)c3)c3c([2H])c(-n4c5c([2H])c([2H])c([2H])c([2H])c5c5c([2H])c([2H])c([2H])c([2H])c54)c([2H])c([2H])c31)N2c1c(-c2cccc(C(C)(C)C)c2)cc(C(C)(C)C)cc1-c1cccc(C(C)(C)C)c1. The summed E-state index contributed by atoms with van der Waals surface area (Å²) in [6.07, 6.45) is 0. The Bertz CT molecular complexity index is 8690. The van der Waals surface area contributed by atoms with Gasteiger partial charge in [-0.3, -0.25) is 0 Å². The lowest BCUT2D eigenvalue weighted by Crippen LogP contribution is -2.61. The quantitative estimate of drug-likeness (QED) is 0.127. The minimum absolute atomic E-state index is 0.00558. The molecule has 0 spiro atoms. The second-order valence-electron chi connectivity index (χ2n) is 40.2. The van der Waals surface area contributed by atoms with Crippen LogP contribution in [-0.2, 0) is 32.5 Å². The average Bonchev–Trinajstić information content (AvgIpc) is 1.51. The predicted octanol–water partition coefficient (Wildman–Crippen LogP) is 31.2. The van der Waals surface area contributed by atoms with Crippen molar-refractivity contribution in [3.8, 4) is 72.7 Å². The minimum Gasteiger partial charge on any atom is -0.310 e. The van der Waals surface area contributed by atoms with E-state index >= 15 is 0 Å². The summed E-state index contributed by atoms with van der Waals surface area (Å²) in [4.78, 5) is 4.04. The third-order valence-electron chi connectivity index (χ3n) is 25.7. The van der Waals surface area contributed by atoms with Gasteiger partial charge in [-0.15, -0.1) is 0 Å². The van der Waals surface area contributed by atoms with Gasteiger partial charge in [-0.2, -0.15) is 0 Å². The summed E-state index contributed by atoms with van der Waals surface area (Å²) in [6.45, 7) is 37.1. The molecule has 0 amide bonds. The zero-order valence-electron chi connectivity index (χ0n) is 95.5. The number of anilines is 6. The topological polar surface area (TPSA) is 21.3 Å². The Morgan fingerprint density at radius 3 is 1.00 bits per heavy atom. The third-order valence-corrected chi connectivity index (χ3v) is 25.7. The first-order valence-electron chi connectivity index (χ1n) is 54.0. The fourth-order valence-electron chi connectivity index (χ4n) is 18.9. The number of hydrogen-bond donors (Lipinski definition) is 0. The highest BCUT2D eigenvalue weighted by Gasteiger charge is 2.47. The lowest BCUT2D eigenvalue weighted by molar-refractivity contribution is 0.589. The molecule has 3 aromatic heterocycles. The third kappa shape index (κ3) is 13.3. The second kappa shape index (κ2) is 29.1. The second-order valence-corrected chi connectivity index (χ2v) is 40.2. The molecule has 19 aromatic rings. The monoisotopic (exact) mass is 1650 g/mol. The van der Waals surface area contributed by atoms with Crippen LogP contribution in [0, 0.1) is 0 Å².